The molecule has 1 atom stereocenters. The number of H-pyrrole nitrogens is 1. The summed E-state index contributed by atoms with van der Waals surface area (Å²) in [4.78, 5) is 39.5. The Morgan fingerprint density at radius 2 is 1.75 bits per heavy atom. The topological polar surface area (TPSA) is 107 Å². The number of esters is 3. The van der Waals surface area contributed by atoms with E-state index in [2.05, 4.69) is 10.3 Å². The predicted molar refractivity (Wildman–Crippen MR) is 102 cm³/mol. The minimum Gasteiger partial charge on any atom is -0.467 e. The molecule has 2 N–H and O–H groups in total. The number of benzene rings is 1. The molecule has 0 aliphatic carbocycles. The third-order valence-corrected chi connectivity index (χ3v) is 4.00. The Balaban J connectivity index is 2.26. The molecule has 0 saturated heterocycles. The maximum Gasteiger partial charge on any atom is 0.347 e. The average Bonchev–Trinajstić information content (AvgIpc) is 3.10. The fourth-order valence-electron chi connectivity index (χ4n) is 2.68. The van der Waals surface area contributed by atoms with Crippen LogP contribution in [0.3, 0.4) is 0 Å². The highest BCUT2D eigenvalue weighted by molar-refractivity contribution is 6.14. The number of para-hydroxylation sites is 1. The lowest BCUT2D eigenvalue weighted by molar-refractivity contribution is -0.147. The molecule has 0 amide bonds. The van der Waals surface area contributed by atoms with Crippen LogP contribution in [0.5, 0.6) is 0 Å². The zero-order chi connectivity index (χ0) is 20.5. The van der Waals surface area contributed by atoms with E-state index in [0.29, 0.717) is 0 Å². The van der Waals surface area contributed by atoms with Gasteiger partial charge >= 0.3 is 17.9 Å². The quantitative estimate of drug-likeness (QED) is 0.222. The molecule has 0 unspecified atom stereocenters. The van der Waals surface area contributed by atoms with Crippen LogP contribution in [-0.4, -0.2) is 49.3 Å². The Morgan fingerprint density at radius 3 is 2.36 bits per heavy atom. The van der Waals surface area contributed by atoms with Crippen LogP contribution in [0.15, 0.2) is 42.2 Å². The number of carbonyl (C=O) groups is 3. The number of hydrogen-bond acceptors (Lipinski definition) is 7. The molecule has 8 heteroatoms. The molecule has 0 radical (unpaired) electrons. The number of carbonyl (C=O) groups excluding carboxylic acids is 3. The molecule has 1 aromatic carbocycles. The largest absolute Gasteiger partial charge is 0.467 e. The van der Waals surface area contributed by atoms with Crippen LogP contribution in [0.1, 0.15) is 19.4 Å². The fourth-order valence-corrected chi connectivity index (χ4v) is 2.68. The standard InChI is InChI=1S/C20H24N2O6/c1-4-27-18(23)15(19(24)28-5-2)12-22-17(20(25)26-3)10-13-11-21-16-9-7-6-8-14(13)16/h6-9,11-12,17,21-22H,4-5,10H2,1-3H3/t17-/m0/s1. The predicted octanol–water partition coefficient (Wildman–Crippen LogP) is 1.85. The molecular formula is C20H24N2O6. The summed E-state index contributed by atoms with van der Waals surface area (Å²) in [6, 6.07) is 6.86. The molecule has 0 aliphatic heterocycles. The number of aromatic nitrogens is 1. The minimum atomic E-state index is -0.829. The zero-order valence-electron chi connectivity index (χ0n) is 16.1. The van der Waals surface area contributed by atoms with Gasteiger partial charge in [0.05, 0.1) is 20.3 Å². The first kappa shape index (κ1) is 21.0. The van der Waals surface area contributed by atoms with Gasteiger partial charge in [-0.25, -0.2) is 14.4 Å². The van der Waals surface area contributed by atoms with Crippen molar-refractivity contribution in [3.05, 3.63) is 47.8 Å². The van der Waals surface area contributed by atoms with E-state index < -0.39 is 23.9 Å². The van der Waals surface area contributed by atoms with Gasteiger partial charge in [0.15, 0.2) is 5.57 Å². The molecular weight excluding hydrogens is 364 g/mol. The van der Waals surface area contributed by atoms with Gasteiger partial charge in [-0.05, 0) is 25.5 Å². The highest BCUT2D eigenvalue weighted by Crippen LogP contribution is 2.19. The van der Waals surface area contributed by atoms with Crippen molar-refractivity contribution in [2.45, 2.75) is 26.3 Å². The lowest BCUT2D eigenvalue weighted by Gasteiger charge is -2.16. The van der Waals surface area contributed by atoms with E-state index in [9.17, 15) is 14.4 Å². The third kappa shape index (κ3) is 5.12. The molecule has 1 aromatic heterocycles. The molecule has 0 fully saturated rings. The Bertz CT molecular complexity index is 850. The van der Waals surface area contributed by atoms with Gasteiger partial charge in [0.25, 0.3) is 0 Å². The monoisotopic (exact) mass is 388 g/mol. The Morgan fingerprint density at radius 1 is 1.11 bits per heavy atom. The normalized spacial score (nSPS) is 11.4. The zero-order valence-corrected chi connectivity index (χ0v) is 16.1. The number of fused-ring (bicyclic) bond motifs is 1. The molecule has 0 bridgehead atoms. The van der Waals surface area contributed by atoms with Crippen LogP contribution in [0.2, 0.25) is 0 Å². The summed E-state index contributed by atoms with van der Waals surface area (Å²) in [5, 5.41) is 3.77. The highest BCUT2D eigenvalue weighted by Gasteiger charge is 2.24. The molecule has 0 saturated carbocycles. The number of hydrogen-bond donors (Lipinski definition) is 2. The summed E-state index contributed by atoms with van der Waals surface area (Å²) >= 11 is 0. The van der Waals surface area contributed by atoms with Gasteiger partial charge in [-0.1, -0.05) is 18.2 Å². The van der Waals surface area contributed by atoms with Crippen molar-refractivity contribution in [3.63, 3.8) is 0 Å². The van der Waals surface area contributed by atoms with Crippen molar-refractivity contribution in [1.29, 1.82) is 0 Å². The molecule has 2 rings (SSSR count). The van der Waals surface area contributed by atoms with E-state index in [1.54, 1.807) is 13.8 Å². The summed E-state index contributed by atoms with van der Waals surface area (Å²) in [5.41, 5.74) is 1.51. The molecule has 28 heavy (non-hydrogen) atoms. The second-order valence-corrected chi connectivity index (χ2v) is 5.80. The molecule has 1 heterocycles. The molecule has 2 aromatic rings. The van der Waals surface area contributed by atoms with E-state index in [1.165, 1.54) is 7.11 Å². The highest BCUT2D eigenvalue weighted by atomic mass is 16.6. The molecule has 150 valence electrons. The van der Waals surface area contributed by atoms with Crippen LogP contribution < -0.4 is 5.32 Å². The SMILES string of the molecule is CCOC(=O)C(=CN[C@@H](Cc1c[nH]c2ccccc12)C(=O)OC)C(=O)OCC. The van der Waals surface area contributed by atoms with Crippen molar-refractivity contribution in [1.82, 2.24) is 10.3 Å². The van der Waals surface area contributed by atoms with Crippen molar-refractivity contribution in [3.8, 4) is 0 Å². The summed E-state index contributed by atoms with van der Waals surface area (Å²) < 4.78 is 14.6. The van der Waals surface area contributed by atoms with Crippen LogP contribution in [0.25, 0.3) is 10.9 Å². The summed E-state index contributed by atoms with van der Waals surface area (Å²) in [6.45, 7) is 3.46. The van der Waals surface area contributed by atoms with Gasteiger partial charge in [0, 0.05) is 29.7 Å². The van der Waals surface area contributed by atoms with Gasteiger partial charge in [-0.15, -0.1) is 0 Å². The van der Waals surface area contributed by atoms with Crippen LogP contribution in [-0.2, 0) is 35.0 Å². The van der Waals surface area contributed by atoms with Crippen molar-refractivity contribution in [2.24, 2.45) is 0 Å². The van der Waals surface area contributed by atoms with Crippen LogP contribution in [0, 0.1) is 0 Å². The van der Waals surface area contributed by atoms with Crippen molar-refractivity contribution < 1.29 is 28.6 Å². The van der Waals surface area contributed by atoms with Gasteiger partial charge in [0.2, 0.25) is 0 Å². The number of aromatic amines is 1. The summed E-state index contributed by atoms with van der Waals surface area (Å²) in [5.74, 6) is -2.19. The van der Waals surface area contributed by atoms with Crippen LogP contribution in [0.4, 0.5) is 0 Å². The van der Waals surface area contributed by atoms with Crippen molar-refractivity contribution in [2.75, 3.05) is 20.3 Å². The van der Waals surface area contributed by atoms with E-state index in [-0.39, 0.29) is 25.2 Å². The van der Waals surface area contributed by atoms with E-state index in [0.717, 1.165) is 22.7 Å². The lowest BCUT2D eigenvalue weighted by atomic mass is 10.0. The van der Waals surface area contributed by atoms with Gasteiger partial charge in [0.1, 0.15) is 6.04 Å². The Kier molecular flexibility index (Phi) is 7.62. The number of rotatable bonds is 9. The van der Waals surface area contributed by atoms with Gasteiger partial charge in [-0.2, -0.15) is 0 Å². The first-order chi connectivity index (χ1) is 13.5. The average molecular weight is 388 g/mol. The maximum absolute atomic E-state index is 12.2. The fraction of sp³-hybridized carbons (Fsp3) is 0.350. The van der Waals surface area contributed by atoms with Crippen molar-refractivity contribution >= 4 is 28.8 Å². The summed E-state index contributed by atoms with van der Waals surface area (Å²) in [7, 11) is 1.27. The van der Waals surface area contributed by atoms with E-state index in [1.807, 2.05) is 30.5 Å². The minimum absolute atomic E-state index is 0.103. The second kappa shape index (κ2) is 10.1. The Hall–Kier alpha value is -3.29. The number of ether oxygens (including phenoxy) is 3. The van der Waals surface area contributed by atoms with Gasteiger partial charge in [-0.3, -0.25) is 0 Å². The number of methoxy groups -OCH3 is 1. The lowest BCUT2D eigenvalue weighted by Crippen LogP contribution is -2.37. The molecule has 0 aliphatic rings. The second-order valence-electron chi connectivity index (χ2n) is 5.80. The number of nitrogens with one attached hydrogen (secondary N) is 2. The first-order valence-electron chi connectivity index (χ1n) is 8.95. The van der Waals surface area contributed by atoms with Crippen LogP contribution >= 0.6 is 0 Å². The van der Waals surface area contributed by atoms with Gasteiger partial charge < -0.3 is 24.5 Å². The first-order valence-corrected chi connectivity index (χ1v) is 8.95. The molecule has 8 nitrogen and oxygen atoms in total. The van der Waals surface area contributed by atoms with E-state index in [4.69, 9.17) is 14.2 Å². The smallest absolute Gasteiger partial charge is 0.347 e. The summed E-state index contributed by atoms with van der Waals surface area (Å²) in [6.07, 6.45) is 3.24. The molecule has 0 spiro atoms. The van der Waals surface area contributed by atoms with E-state index >= 15 is 0 Å². The Labute approximate surface area is 162 Å². The third-order valence-electron chi connectivity index (χ3n) is 4.00. The maximum atomic E-state index is 12.2.